The van der Waals surface area contributed by atoms with Gasteiger partial charge in [0, 0.05) is 10.9 Å². The van der Waals surface area contributed by atoms with Crippen molar-refractivity contribution in [3.63, 3.8) is 0 Å². The zero-order valence-electron chi connectivity index (χ0n) is 10.6. The normalized spacial score (nSPS) is 11.8. The first-order valence-corrected chi connectivity index (χ1v) is 5.64. The van der Waals surface area contributed by atoms with Crippen LogP contribution in [0.25, 0.3) is 10.9 Å². The standard InChI is InChI=1S/C13H17N3O/c1-8-5-6-10-9(7-8)11(16-15-10)12(17)14-13(2,3)4/h5-7H,1-4H3,(H,14,17)(H,15,16). The van der Waals surface area contributed by atoms with Crippen LogP contribution >= 0.6 is 0 Å². The molecule has 0 unspecified atom stereocenters. The van der Waals surface area contributed by atoms with Gasteiger partial charge in [0.2, 0.25) is 0 Å². The van der Waals surface area contributed by atoms with Crippen molar-refractivity contribution in [2.45, 2.75) is 33.2 Å². The van der Waals surface area contributed by atoms with E-state index in [0.29, 0.717) is 5.69 Å². The first-order chi connectivity index (χ1) is 7.87. The number of nitrogens with one attached hydrogen (secondary N) is 2. The van der Waals surface area contributed by atoms with Gasteiger partial charge in [0.25, 0.3) is 5.91 Å². The second-order valence-electron chi connectivity index (χ2n) is 5.33. The summed E-state index contributed by atoms with van der Waals surface area (Å²) in [5.74, 6) is -0.144. The molecular formula is C13H17N3O. The van der Waals surface area contributed by atoms with Crippen LogP contribution in [0.1, 0.15) is 36.8 Å². The predicted molar refractivity (Wildman–Crippen MR) is 68.0 cm³/mol. The molecule has 0 radical (unpaired) electrons. The molecule has 4 nitrogen and oxygen atoms in total. The van der Waals surface area contributed by atoms with Crippen LogP contribution in [-0.4, -0.2) is 21.6 Å². The summed E-state index contributed by atoms with van der Waals surface area (Å²) in [5.41, 5.74) is 2.20. The summed E-state index contributed by atoms with van der Waals surface area (Å²) in [5, 5.41) is 10.7. The Hall–Kier alpha value is -1.84. The minimum atomic E-state index is -0.258. The monoisotopic (exact) mass is 231 g/mol. The fourth-order valence-corrected chi connectivity index (χ4v) is 1.70. The molecule has 0 aliphatic carbocycles. The zero-order chi connectivity index (χ0) is 12.6. The Bertz CT molecular complexity index is 564. The van der Waals surface area contributed by atoms with Gasteiger partial charge in [0.1, 0.15) is 0 Å². The van der Waals surface area contributed by atoms with E-state index in [9.17, 15) is 4.79 Å². The van der Waals surface area contributed by atoms with Gasteiger partial charge >= 0.3 is 0 Å². The van der Waals surface area contributed by atoms with Gasteiger partial charge in [-0.3, -0.25) is 9.89 Å². The Balaban J connectivity index is 2.42. The van der Waals surface area contributed by atoms with Gasteiger partial charge in [0.15, 0.2) is 5.69 Å². The van der Waals surface area contributed by atoms with E-state index in [-0.39, 0.29) is 11.4 Å². The van der Waals surface area contributed by atoms with Crippen LogP contribution in [0, 0.1) is 6.92 Å². The number of hydrogen-bond acceptors (Lipinski definition) is 2. The van der Waals surface area contributed by atoms with Crippen molar-refractivity contribution in [1.29, 1.82) is 0 Å². The van der Waals surface area contributed by atoms with Crippen molar-refractivity contribution < 1.29 is 4.79 Å². The van der Waals surface area contributed by atoms with Crippen LogP contribution in [0.4, 0.5) is 0 Å². The van der Waals surface area contributed by atoms with Crippen molar-refractivity contribution >= 4 is 16.8 Å². The van der Waals surface area contributed by atoms with Gasteiger partial charge in [-0.15, -0.1) is 0 Å². The molecule has 0 fully saturated rings. The summed E-state index contributed by atoms with van der Waals surface area (Å²) in [6, 6.07) is 5.90. The van der Waals surface area contributed by atoms with Gasteiger partial charge in [-0.25, -0.2) is 0 Å². The Kier molecular flexibility index (Phi) is 2.65. The largest absolute Gasteiger partial charge is 0.346 e. The van der Waals surface area contributed by atoms with Crippen LogP contribution < -0.4 is 5.32 Å². The van der Waals surface area contributed by atoms with Crippen LogP contribution in [0.3, 0.4) is 0 Å². The van der Waals surface area contributed by atoms with Gasteiger partial charge in [-0.05, 0) is 39.8 Å². The first-order valence-electron chi connectivity index (χ1n) is 5.64. The van der Waals surface area contributed by atoms with E-state index in [1.54, 1.807) is 0 Å². The highest BCUT2D eigenvalue weighted by molar-refractivity contribution is 6.05. The SMILES string of the molecule is Cc1ccc2[nH]nc(C(=O)NC(C)(C)C)c2c1. The lowest BCUT2D eigenvalue weighted by atomic mass is 10.1. The number of amides is 1. The highest BCUT2D eigenvalue weighted by Gasteiger charge is 2.19. The number of fused-ring (bicyclic) bond motifs is 1. The molecule has 1 amide bonds. The smallest absolute Gasteiger partial charge is 0.272 e. The molecule has 4 heteroatoms. The average Bonchev–Trinajstić information content (AvgIpc) is 2.57. The minimum Gasteiger partial charge on any atom is -0.346 e. The summed E-state index contributed by atoms with van der Waals surface area (Å²) in [4.78, 5) is 12.1. The molecule has 0 saturated heterocycles. The summed E-state index contributed by atoms with van der Waals surface area (Å²) in [7, 11) is 0. The molecule has 2 aromatic rings. The molecule has 1 heterocycles. The summed E-state index contributed by atoms with van der Waals surface area (Å²) in [6.45, 7) is 7.85. The number of aryl methyl sites for hydroxylation is 1. The fraction of sp³-hybridized carbons (Fsp3) is 0.385. The number of rotatable bonds is 1. The molecule has 90 valence electrons. The van der Waals surface area contributed by atoms with E-state index in [0.717, 1.165) is 16.5 Å². The molecule has 0 spiro atoms. The molecule has 2 rings (SSSR count). The van der Waals surface area contributed by atoms with Crippen LogP contribution in [0.5, 0.6) is 0 Å². The Morgan fingerprint density at radius 3 is 2.71 bits per heavy atom. The molecule has 0 aliphatic heterocycles. The van der Waals surface area contributed by atoms with E-state index < -0.39 is 0 Å². The molecule has 0 aliphatic rings. The van der Waals surface area contributed by atoms with Crippen molar-refractivity contribution in [2.75, 3.05) is 0 Å². The molecule has 1 aromatic heterocycles. The van der Waals surface area contributed by atoms with Gasteiger partial charge in [-0.1, -0.05) is 11.6 Å². The molecular weight excluding hydrogens is 214 g/mol. The lowest BCUT2D eigenvalue weighted by molar-refractivity contribution is 0.0916. The number of benzene rings is 1. The number of aromatic amines is 1. The zero-order valence-corrected chi connectivity index (χ0v) is 10.6. The fourth-order valence-electron chi connectivity index (χ4n) is 1.70. The Morgan fingerprint density at radius 2 is 2.06 bits per heavy atom. The maximum atomic E-state index is 12.1. The van der Waals surface area contributed by atoms with E-state index in [1.807, 2.05) is 45.9 Å². The molecule has 2 N–H and O–H groups in total. The average molecular weight is 231 g/mol. The van der Waals surface area contributed by atoms with E-state index >= 15 is 0 Å². The number of hydrogen-bond donors (Lipinski definition) is 2. The topological polar surface area (TPSA) is 57.8 Å². The molecule has 0 bridgehead atoms. The van der Waals surface area contributed by atoms with Crippen molar-refractivity contribution in [1.82, 2.24) is 15.5 Å². The van der Waals surface area contributed by atoms with Crippen LogP contribution in [-0.2, 0) is 0 Å². The maximum Gasteiger partial charge on any atom is 0.272 e. The van der Waals surface area contributed by atoms with Crippen molar-refractivity contribution in [2.24, 2.45) is 0 Å². The molecule has 17 heavy (non-hydrogen) atoms. The van der Waals surface area contributed by atoms with Gasteiger partial charge < -0.3 is 5.32 Å². The lowest BCUT2D eigenvalue weighted by Gasteiger charge is -2.19. The lowest BCUT2D eigenvalue weighted by Crippen LogP contribution is -2.40. The number of carbonyl (C=O) groups is 1. The molecule has 0 atom stereocenters. The Labute approximate surface area is 100 Å². The van der Waals surface area contributed by atoms with E-state index in [1.165, 1.54) is 0 Å². The van der Waals surface area contributed by atoms with Gasteiger partial charge in [0.05, 0.1) is 5.52 Å². The summed E-state index contributed by atoms with van der Waals surface area (Å²) < 4.78 is 0. The predicted octanol–water partition coefficient (Wildman–Crippen LogP) is 2.40. The third-order valence-corrected chi connectivity index (χ3v) is 2.42. The van der Waals surface area contributed by atoms with Crippen LogP contribution in [0.15, 0.2) is 18.2 Å². The number of H-pyrrole nitrogens is 1. The maximum absolute atomic E-state index is 12.1. The second kappa shape index (κ2) is 3.87. The first kappa shape index (κ1) is 11.6. The van der Waals surface area contributed by atoms with E-state index in [4.69, 9.17) is 0 Å². The van der Waals surface area contributed by atoms with Crippen LogP contribution in [0.2, 0.25) is 0 Å². The van der Waals surface area contributed by atoms with Crippen molar-refractivity contribution in [3.05, 3.63) is 29.5 Å². The minimum absolute atomic E-state index is 0.144. The Morgan fingerprint density at radius 1 is 1.35 bits per heavy atom. The number of carbonyl (C=O) groups excluding carboxylic acids is 1. The van der Waals surface area contributed by atoms with Crippen molar-refractivity contribution in [3.8, 4) is 0 Å². The molecule has 1 aromatic carbocycles. The third kappa shape index (κ3) is 2.46. The summed E-state index contributed by atoms with van der Waals surface area (Å²) >= 11 is 0. The highest BCUT2D eigenvalue weighted by Crippen LogP contribution is 2.18. The van der Waals surface area contributed by atoms with E-state index in [2.05, 4.69) is 15.5 Å². The second-order valence-corrected chi connectivity index (χ2v) is 5.33. The summed E-state index contributed by atoms with van der Waals surface area (Å²) in [6.07, 6.45) is 0. The van der Waals surface area contributed by atoms with Gasteiger partial charge in [-0.2, -0.15) is 5.10 Å². The quantitative estimate of drug-likeness (QED) is 0.791. The highest BCUT2D eigenvalue weighted by atomic mass is 16.2. The number of nitrogens with zero attached hydrogens (tertiary/aromatic N) is 1. The third-order valence-electron chi connectivity index (χ3n) is 2.42. The number of aromatic nitrogens is 2. The molecule has 0 saturated carbocycles.